The normalized spacial score (nSPS) is 12.4. The van der Waals surface area contributed by atoms with Crippen LogP contribution >= 0.6 is 0 Å². The van der Waals surface area contributed by atoms with E-state index in [-0.39, 0.29) is 0 Å². The van der Waals surface area contributed by atoms with Crippen molar-refractivity contribution in [2.24, 2.45) is 0 Å². The summed E-state index contributed by atoms with van der Waals surface area (Å²) < 4.78 is 0. The summed E-state index contributed by atoms with van der Waals surface area (Å²) in [5, 5.41) is 2.66. The van der Waals surface area contributed by atoms with E-state index in [1.165, 1.54) is 41.2 Å². The van der Waals surface area contributed by atoms with Crippen LogP contribution < -0.4 is 0 Å². The quantitative estimate of drug-likeness (QED) is 0.563. The Morgan fingerprint density at radius 3 is 2.59 bits per heavy atom. The molecule has 3 aromatic rings. The minimum absolute atomic E-state index is 0.578. The molecule has 0 saturated heterocycles. The van der Waals surface area contributed by atoms with E-state index in [4.69, 9.17) is 0 Å². The van der Waals surface area contributed by atoms with Crippen LogP contribution in [-0.4, -0.2) is 4.98 Å². The highest BCUT2D eigenvalue weighted by Crippen LogP contribution is 2.28. The lowest BCUT2D eigenvalue weighted by atomic mass is 9.87. The molecule has 0 spiro atoms. The van der Waals surface area contributed by atoms with Crippen molar-refractivity contribution in [1.82, 2.24) is 4.98 Å². The zero-order valence-corrected chi connectivity index (χ0v) is 13.2. The number of rotatable bonds is 6. The van der Waals surface area contributed by atoms with Gasteiger partial charge in [0.2, 0.25) is 0 Å². The van der Waals surface area contributed by atoms with E-state index in [9.17, 15) is 0 Å². The van der Waals surface area contributed by atoms with Crippen LogP contribution in [0, 0.1) is 0 Å². The van der Waals surface area contributed by atoms with Crippen LogP contribution in [0.3, 0.4) is 0 Å². The van der Waals surface area contributed by atoms with Crippen LogP contribution in [0.4, 0.5) is 0 Å². The molecule has 0 saturated carbocycles. The van der Waals surface area contributed by atoms with Crippen molar-refractivity contribution in [2.75, 3.05) is 0 Å². The van der Waals surface area contributed by atoms with Gasteiger partial charge in [0.15, 0.2) is 0 Å². The molecule has 3 rings (SSSR count). The summed E-state index contributed by atoms with van der Waals surface area (Å²) in [4.78, 5) is 4.26. The lowest BCUT2D eigenvalue weighted by Gasteiger charge is -2.18. The monoisotopic (exact) mass is 289 g/mol. The molecule has 1 unspecified atom stereocenters. The Morgan fingerprint density at radius 1 is 0.955 bits per heavy atom. The SMILES string of the molecule is CCCCC(Cc1cccnc1)c1ccc2ccccc2c1. The molecular formula is C21H23N. The lowest BCUT2D eigenvalue weighted by molar-refractivity contribution is 0.581. The van der Waals surface area contributed by atoms with E-state index >= 15 is 0 Å². The Hall–Kier alpha value is -2.15. The van der Waals surface area contributed by atoms with Gasteiger partial charge in [-0.25, -0.2) is 0 Å². The van der Waals surface area contributed by atoms with Crippen LogP contribution in [0.1, 0.15) is 43.2 Å². The molecule has 0 radical (unpaired) electrons. The molecule has 0 fully saturated rings. The molecule has 1 atom stereocenters. The molecule has 1 heterocycles. The summed E-state index contributed by atoms with van der Waals surface area (Å²) in [6.45, 7) is 2.27. The van der Waals surface area contributed by atoms with Crippen molar-refractivity contribution >= 4 is 10.8 Å². The second-order valence-electron chi connectivity index (χ2n) is 6.01. The molecule has 0 amide bonds. The molecule has 1 heteroatoms. The van der Waals surface area contributed by atoms with Crippen LogP contribution in [0.25, 0.3) is 10.8 Å². The first-order valence-electron chi connectivity index (χ1n) is 8.24. The van der Waals surface area contributed by atoms with E-state index in [1.807, 2.05) is 18.5 Å². The number of nitrogens with zero attached hydrogens (tertiary/aromatic N) is 1. The second-order valence-corrected chi connectivity index (χ2v) is 6.01. The first-order valence-corrected chi connectivity index (χ1v) is 8.24. The molecule has 112 valence electrons. The Balaban J connectivity index is 1.89. The molecule has 0 aliphatic heterocycles. The standard InChI is InChI=1S/C21H23N/c1-2-3-8-19(14-17-7-6-13-22-16-17)21-12-11-18-9-4-5-10-20(18)15-21/h4-7,9-13,15-16,19H,2-3,8,14H2,1H3. The minimum Gasteiger partial charge on any atom is -0.264 e. The third kappa shape index (κ3) is 3.54. The summed E-state index contributed by atoms with van der Waals surface area (Å²) in [5.74, 6) is 0.578. The molecular weight excluding hydrogens is 266 g/mol. The van der Waals surface area contributed by atoms with E-state index in [2.05, 4.69) is 60.4 Å². The predicted molar refractivity (Wildman–Crippen MR) is 94.2 cm³/mol. The van der Waals surface area contributed by atoms with Crippen LogP contribution in [-0.2, 0) is 6.42 Å². The highest BCUT2D eigenvalue weighted by atomic mass is 14.6. The van der Waals surface area contributed by atoms with Crippen molar-refractivity contribution in [3.05, 3.63) is 78.1 Å². The molecule has 22 heavy (non-hydrogen) atoms. The van der Waals surface area contributed by atoms with Crippen LogP contribution in [0.15, 0.2) is 67.0 Å². The van der Waals surface area contributed by atoms with Gasteiger partial charge in [0.25, 0.3) is 0 Å². The van der Waals surface area contributed by atoms with Gasteiger partial charge in [0.1, 0.15) is 0 Å². The Morgan fingerprint density at radius 2 is 1.82 bits per heavy atom. The number of hydrogen-bond donors (Lipinski definition) is 0. The average molecular weight is 289 g/mol. The summed E-state index contributed by atoms with van der Waals surface area (Å²) >= 11 is 0. The molecule has 1 nitrogen and oxygen atoms in total. The Labute approximate surface area is 133 Å². The number of unbranched alkanes of at least 4 members (excludes halogenated alkanes) is 1. The van der Waals surface area contributed by atoms with Crippen molar-refractivity contribution in [2.45, 2.75) is 38.5 Å². The smallest absolute Gasteiger partial charge is 0.0300 e. The summed E-state index contributed by atoms with van der Waals surface area (Å²) in [7, 11) is 0. The lowest BCUT2D eigenvalue weighted by Crippen LogP contribution is -2.03. The largest absolute Gasteiger partial charge is 0.264 e. The fourth-order valence-corrected chi connectivity index (χ4v) is 3.10. The molecule has 0 bridgehead atoms. The topological polar surface area (TPSA) is 12.9 Å². The van der Waals surface area contributed by atoms with Gasteiger partial charge in [-0.3, -0.25) is 4.98 Å². The predicted octanol–water partition coefficient (Wildman–Crippen LogP) is 5.75. The van der Waals surface area contributed by atoms with Gasteiger partial charge < -0.3 is 0 Å². The third-order valence-electron chi connectivity index (χ3n) is 4.36. The fourth-order valence-electron chi connectivity index (χ4n) is 3.10. The van der Waals surface area contributed by atoms with Gasteiger partial charge in [-0.2, -0.15) is 0 Å². The Bertz CT molecular complexity index is 718. The van der Waals surface area contributed by atoms with E-state index in [1.54, 1.807) is 0 Å². The molecule has 0 N–H and O–H groups in total. The number of fused-ring (bicyclic) bond motifs is 1. The molecule has 0 aliphatic carbocycles. The van der Waals surface area contributed by atoms with Gasteiger partial charge >= 0.3 is 0 Å². The third-order valence-corrected chi connectivity index (χ3v) is 4.36. The maximum atomic E-state index is 4.26. The highest BCUT2D eigenvalue weighted by Gasteiger charge is 2.12. The van der Waals surface area contributed by atoms with Gasteiger partial charge in [0.05, 0.1) is 0 Å². The minimum atomic E-state index is 0.578. The Kier molecular flexibility index (Phi) is 4.85. The zero-order valence-electron chi connectivity index (χ0n) is 13.2. The van der Waals surface area contributed by atoms with E-state index in [0.29, 0.717) is 5.92 Å². The summed E-state index contributed by atoms with van der Waals surface area (Å²) in [5.41, 5.74) is 2.78. The second kappa shape index (κ2) is 7.22. The zero-order chi connectivity index (χ0) is 15.2. The summed E-state index contributed by atoms with van der Waals surface area (Å²) in [6.07, 6.45) is 8.69. The summed E-state index contributed by atoms with van der Waals surface area (Å²) in [6, 6.07) is 19.8. The van der Waals surface area contributed by atoms with Gasteiger partial charge in [-0.15, -0.1) is 0 Å². The average Bonchev–Trinajstić information content (AvgIpc) is 2.59. The highest BCUT2D eigenvalue weighted by molar-refractivity contribution is 5.83. The molecule has 1 aromatic heterocycles. The maximum Gasteiger partial charge on any atom is 0.0300 e. The number of benzene rings is 2. The van der Waals surface area contributed by atoms with Crippen molar-refractivity contribution in [3.63, 3.8) is 0 Å². The first-order chi connectivity index (χ1) is 10.9. The number of hydrogen-bond acceptors (Lipinski definition) is 1. The van der Waals surface area contributed by atoms with Crippen molar-refractivity contribution < 1.29 is 0 Å². The fraction of sp³-hybridized carbons (Fsp3) is 0.286. The molecule has 2 aromatic carbocycles. The van der Waals surface area contributed by atoms with E-state index < -0.39 is 0 Å². The van der Waals surface area contributed by atoms with Gasteiger partial charge in [0, 0.05) is 12.4 Å². The first kappa shape index (κ1) is 14.8. The number of aromatic nitrogens is 1. The van der Waals surface area contributed by atoms with Gasteiger partial charge in [-0.05, 0) is 46.7 Å². The van der Waals surface area contributed by atoms with Gasteiger partial charge in [-0.1, -0.05) is 68.3 Å². The van der Waals surface area contributed by atoms with E-state index in [0.717, 1.165) is 6.42 Å². The van der Waals surface area contributed by atoms with Crippen LogP contribution in [0.2, 0.25) is 0 Å². The number of pyridine rings is 1. The van der Waals surface area contributed by atoms with Crippen molar-refractivity contribution in [3.8, 4) is 0 Å². The van der Waals surface area contributed by atoms with Crippen LogP contribution in [0.5, 0.6) is 0 Å². The van der Waals surface area contributed by atoms with Crippen molar-refractivity contribution in [1.29, 1.82) is 0 Å². The maximum absolute atomic E-state index is 4.26. The molecule has 0 aliphatic rings.